The van der Waals surface area contributed by atoms with E-state index in [4.69, 9.17) is 10.5 Å². The van der Waals surface area contributed by atoms with Gasteiger partial charge in [-0.2, -0.15) is 0 Å². The summed E-state index contributed by atoms with van der Waals surface area (Å²) in [5.41, 5.74) is 6.19. The van der Waals surface area contributed by atoms with E-state index in [1.165, 1.54) is 12.1 Å². The fourth-order valence-corrected chi connectivity index (χ4v) is 2.22. The molecule has 1 saturated carbocycles. The number of nitrogens with two attached hydrogens (primary N) is 1. The van der Waals surface area contributed by atoms with Crippen LogP contribution in [0.3, 0.4) is 0 Å². The maximum atomic E-state index is 13.8. The van der Waals surface area contributed by atoms with Gasteiger partial charge in [-0.15, -0.1) is 0 Å². The minimum absolute atomic E-state index is 0.167. The molecule has 0 heterocycles. The Morgan fingerprint density at radius 3 is 2.75 bits per heavy atom. The van der Waals surface area contributed by atoms with Crippen molar-refractivity contribution in [2.75, 3.05) is 11.9 Å². The molecule has 1 aliphatic rings. The number of anilines is 1. The molecule has 3 N–H and O–H groups in total. The van der Waals surface area contributed by atoms with Crippen molar-refractivity contribution in [2.24, 2.45) is 11.7 Å². The zero-order chi connectivity index (χ0) is 14.9. The van der Waals surface area contributed by atoms with Crippen LogP contribution in [0.4, 0.5) is 14.9 Å². The number of rotatable bonds is 3. The van der Waals surface area contributed by atoms with Crippen LogP contribution in [0.15, 0.2) is 18.2 Å². The third-order valence-electron chi connectivity index (χ3n) is 3.27. The number of hydrogen-bond donors (Lipinski definition) is 2. The summed E-state index contributed by atoms with van der Waals surface area (Å²) in [6.07, 6.45) is 0.366. The van der Waals surface area contributed by atoms with Gasteiger partial charge >= 0.3 is 6.09 Å². The Morgan fingerprint density at radius 2 is 2.20 bits per heavy atom. The first-order valence-corrected chi connectivity index (χ1v) is 6.79. The van der Waals surface area contributed by atoms with Gasteiger partial charge in [-0.25, -0.2) is 9.18 Å². The highest BCUT2D eigenvalue weighted by Gasteiger charge is 2.38. The first kappa shape index (κ1) is 14.8. The van der Waals surface area contributed by atoms with E-state index in [9.17, 15) is 9.18 Å². The third-order valence-corrected chi connectivity index (χ3v) is 3.27. The minimum Gasteiger partial charge on any atom is -0.444 e. The summed E-state index contributed by atoms with van der Waals surface area (Å²) in [6, 6.07) is 4.57. The van der Waals surface area contributed by atoms with Crippen LogP contribution in [0.2, 0.25) is 0 Å². The van der Waals surface area contributed by atoms with Gasteiger partial charge in [0.15, 0.2) is 0 Å². The normalized spacial score (nSPS) is 21.4. The van der Waals surface area contributed by atoms with Crippen LogP contribution in [0, 0.1) is 11.7 Å². The molecule has 2 atom stereocenters. The summed E-state index contributed by atoms with van der Waals surface area (Å²) in [5, 5.41) is 2.62. The maximum absolute atomic E-state index is 13.8. The van der Waals surface area contributed by atoms with Crippen molar-refractivity contribution < 1.29 is 13.9 Å². The lowest BCUT2D eigenvalue weighted by Gasteiger charge is -2.19. The first-order chi connectivity index (χ1) is 9.30. The number of benzene rings is 1. The first-order valence-electron chi connectivity index (χ1n) is 6.79. The van der Waals surface area contributed by atoms with E-state index in [0.29, 0.717) is 23.7 Å². The highest BCUT2D eigenvalue weighted by atomic mass is 19.1. The third kappa shape index (κ3) is 3.70. The predicted octanol–water partition coefficient (Wildman–Crippen LogP) is 3.23. The van der Waals surface area contributed by atoms with E-state index in [1.54, 1.807) is 26.8 Å². The molecule has 2 rings (SSSR count). The van der Waals surface area contributed by atoms with E-state index in [0.717, 1.165) is 6.42 Å². The molecule has 1 aliphatic carbocycles. The van der Waals surface area contributed by atoms with Crippen molar-refractivity contribution in [3.05, 3.63) is 29.6 Å². The number of ether oxygens (including phenoxy) is 1. The number of carbonyl (C=O) groups excluding carboxylic acids is 1. The average molecular weight is 280 g/mol. The molecule has 1 amide bonds. The highest BCUT2D eigenvalue weighted by molar-refractivity contribution is 5.85. The SMILES string of the molecule is CC(C)(C)OC(=O)Nc1ccc(F)c([C@@H]2C[C@H]2CN)c1. The smallest absolute Gasteiger partial charge is 0.412 e. The average Bonchev–Trinajstić information content (AvgIpc) is 3.08. The summed E-state index contributed by atoms with van der Waals surface area (Å²) in [7, 11) is 0. The fraction of sp³-hybridized carbons (Fsp3) is 0.533. The largest absolute Gasteiger partial charge is 0.444 e. The minimum atomic E-state index is -0.561. The lowest BCUT2D eigenvalue weighted by molar-refractivity contribution is 0.0636. The zero-order valence-electron chi connectivity index (χ0n) is 12.1. The number of hydrogen-bond acceptors (Lipinski definition) is 3. The van der Waals surface area contributed by atoms with Gasteiger partial charge in [0.05, 0.1) is 0 Å². The van der Waals surface area contributed by atoms with Crippen LogP contribution in [-0.2, 0) is 4.74 Å². The fourth-order valence-electron chi connectivity index (χ4n) is 2.22. The summed E-state index contributed by atoms with van der Waals surface area (Å²) in [6.45, 7) is 5.93. The van der Waals surface area contributed by atoms with E-state index in [2.05, 4.69) is 5.32 Å². The molecule has 0 bridgehead atoms. The van der Waals surface area contributed by atoms with Crippen LogP contribution >= 0.6 is 0 Å². The quantitative estimate of drug-likeness (QED) is 0.893. The van der Waals surface area contributed by atoms with Crippen LogP contribution in [0.25, 0.3) is 0 Å². The molecule has 20 heavy (non-hydrogen) atoms. The van der Waals surface area contributed by atoms with Gasteiger partial charge < -0.3 is 10.5 Å². The zero-order valence-corrected chi connectivity index (χ0v) is 12.1. The second-order valence-electron chi connectivity index (χ2n) is 6.20. The molecule has 1 fully saturated rings. The second kappa shape index (κ2) is 5.40. The molecule has 1 aromatic carbocycles. The molecule has 0 aromatic heterocycles. The van der Waals surface area contributed by atoms with Gasteiger partial charge in [0.1, 0.15) is 11.4 Å². The van der Waals surface area contributed by atoms with Gasteiger partial charge in [0.2, 0.25) is 0 Å². The molecular formula is C15H21FN2O2. The Kier molecular flexibility index (Phi) is 3.99. The van der Waals surface area contributed by atoms with Crippen molar-refractivity contribution in [1.29, 1.82) is 0 Å². The number of carbonyl (C=O) groups is 1. The molecular weight excluding hydrogens is 259 g/mol. The molecule has 0 radical (unpaired) electrons. The summed E-state index contributed by atoms with van der Waals surface area (Å²) in [4.78, 5) is 11.7. The molecule has 5 heteroatoms. The summed E-state index contributed by atoms with van der Waals surface area (Å²) < 4.78 is 19.0. The van der Waals surface area contributed by atoms with E-state index < -0.39 is 11.7 Å². The van der Waals surface area contributed by atoms with Crippen LogP contribution < -0.4 is 11.1 Å². The topological polar surface area (TPSA) is 64.3 Å². The Morgan fingerprint density at radius 1 is 1.50 bits per heavy atom. The predicted molar refractivity (Wildman–Crippen MR) is 76.2 cm³/mol. The molecule has 4 nitrogen and oxygen atoms in total. The molecule has 110 valence electrons. The highest BCUT2D eigenvalue weighted by Crippen LogP contribution is 2.48. The lowest BCUT2D eigenvalue weighted by Crippen LogP contribution is -2.27. The van der Waals surface area contributed by atoms with E-state index >= 15 is 0 Å². The van der Waals surface area contributed by atoms with Crippen LogP contribution in [0.5, 0.6) is 0 Å². The summed E-state index contributed by atoms with van der Waals surface area (Å²) in [5.74, 6) is 0.266. The Labute approximate surface area is 118 Å². The Bertz CT molecular complexity index is 511. The monoisotopic (exact) mass is 280 g/mol. The van der Waals surface area contributed by atoms with Crippen molar-refractivity contribution in [1.82, 2.24) is 0 Å². The number of halogens is 1. The van der Waals surface area contributed by atoms with Gasteiger partial charge in [0.25, 0.3) is 0 Å². The number of nitrogens with one attached hydrogen (secondary N) is 1. The van der Waals surface area contributed by atoms with Gasteiger partial charge in [-0.1, -0.05) is 0 Å². The molecule has 1 aromatic rings. The van der Waals surface area contributed by atoms with Crippen molar-refractivity contribution in [3.63, 3.8) is 0 Å². The van der Waals surface area contributed by atoms with Crippen LogP contribution in [-0.4, -0.2) is 18.2 Å². The molecule has 0 unspecified atom stereocenters. The standard InChI is InChI=1S/C15H21FN2O2/c1-15(2,3)20-14(19)18-10-4-5-13(16)12(7-10)11-6-9(11)8-17/h4-5,7,9,11H,6,8,17H2,1-3H3,(H,18,19)/t9-,11+/m0/s1. The summed E-state index contributed by atoms with van der Waals surface area (Å²) >= 11 is 0. The van der Waals surface area contributed by atoms with E-state index in [1.807, 2.05) is 0 Å². The second-order valence-corrected chi connectivity index (χ2v) is 6.20. The van der Waals surface area contributed by atoms with Crippen LogP contribution in [0.1, 0.15) is 38.7 Å². The Hall–Kier alpha value is -1.62. The van der Waals surface area contributed by atoms with Gasteiger partial charge in [-0.05, 0) is 69.3 Å². The maximum Gasteiger partial charge on any atom is 0.412 e. The van der Waals surface area contributed by atoms with Crippen molar-refractivity contribution in [3.8, 4) is 0 Å². The molecule has 0 aliphatic heterocycles. The van der Waals surface area contributed by atoms with Crippen molar-refractivity contribution in [2.45, 2.75) is 38.7 Å². The van der Waals surface area contributed by atoms with Gasteiger partial charge in [-0.3, -0.25) is 5.32 Å². The number of amides is 1. The lowest BCUT2D eigenvalue weighted by atomic mass is 10.1. The Balaban J connectivity index is 2.06. The van der Waals surface area contributed by atoms with Crippen molar-refractivity contribution >= 4 is 11.8 Å². The molecule has 0 spiro atoms. The van der Waals surface area contributed by atoms with Gasteiger partial charge in [0, 0.05) is 5.69 Å². The van der Waals surface area contributed by atoms with E-state index in [-0.39, 0.29) is 11.7 Å². The molecule has 0 saturated heterocycles.